The van der Waals surface area contributed by atoms with Gasteiger partial charge < -0.3 is 9.80 Å². The van der Waals surface area contributed by atoms with E-state index in [1.54, 1.807) is 17.2 Å². The van der Waals surface area contributed by atoms with Crippen LogP contribution in [-0.4, -0.2) is 47.0 Å². The standard InChI is InChI=1S/C19H18Cl3N5O/c1-11(2)16-14(7-12(9-23)17(22)25-16)19(28)27-5-3-26(4-6-27)18-15(21)8-13(20)10-24-18/h7-8,10-11H,3-6H2,1-2H3. The summed E-state index contributed by atoms with van der Waals surface area (Å²) >= 11 is 18.2. The molecule has 0 aliphatic carbocycles. The van der Waals surface area contributed by atoms with Crippen molar-refractivity contribution in [2.75, 3.05) is 31.1 Å². The summed E-state index contributed by atoms with van der Waals surface area (Å²) in [6.45, 7) is 6.05. The van der Waals surface area contributed by atoms with Gasteiger partial charge in [0.05, 0.1) is 26.9 Å². The van der Waals surface area contributed by atoms with Crippen LogP contribution in [0.25, 0.3) is 0 Å². The summed E-state index contributed by atoms with van der Waals surface area (Å²) in [7, 11) is 0. The first kappa shape index (κ1) is 20.7. The van der Waals surface area contributed by atoms with Crippen molar-refractivity contribution in [3.8, 4) is 6.07 Å². The number of halogens is 3. The van der Waals surface area contributed by atoms with Crippen LogP contribution in [0.4, 0.5) is 5.82 Å². The molecule has 0 bridgehead atoms. The zero-order valence-corrected chi connectivity index (χ0v) is 17.7. The summed E-state index contributed by atoms with van der Waals surface area (Å²) in [6.07, 6.45) is 1.55. The Labute approximate surface area is 178 Å². The lowest BCUT2D eigenvalue weighted by Crippen LogP contribution is -2.49. The van der Waals surface area contributed by atoms with Crippen molar-refractivity contribution >= 4 is 46.5 Å². The zero-order valence-electron chi connectivity index (χ0n) is 15.4. The highest BCUT2D eigenvalue weighted by molar-refractivity contribution is 6.36. The number of hydrogen-bond acceptors (Lipinski definition) is 5. The average molecular weight is 439 g/mol. The summed E-state index contributed by atoms with van der Waals surface area (Å²) in [5, 5.41) is 10.3. The van der Waals surface area contributed by atoms with Gasteiger partial charge in [-0.2, -0.15) is 5.26 Å². The van der Waals surface area contributed by atoms with Gasteiger partial charge in [0.1, 0.15) is 17.0 Å². The van der Waals surface area contributed by atoms with Crippen molar-refractivity contribution in [1.29, 1.82) is 5.26 Å². The highest BCUT2D eigenvalue weighted by Crippen LogP contribution is 2.28. The first-order chi connectivity index (χ1) is 13.3. The van der Waals surface area contributed by atoms with Crippen molar-refractivity contribution in [1.82, 2.24) is 14.9 Å². The van der Waals surface area contributed by atoms with E-state index in [0.717, 1.165) is 0 Å². The smallest absolute Gasteiger partial charge is 0.255 e. The molecule has 0 aromatic carbocycles. The fourth-order valence-electron chi connectivity index (χ4n) is 3.13. The quantitative estimate of drug-likeness (QED) is 0.664. The molecule has 1 aliphatic rings. The van der Waals surface area contributed by atoms with Crippen molar-refractivity contribution < 1.29 is 4.79 Å². The van der Waals surface area contributed by atoms with E-state index in [1.165, 1.54) is 6.07 Å². The molecule has 2 aromatic rings. The Hall–Kier alpha value is -2.07. The number of nitrogens with zero attached hydrogens (tertiary/aromatic N) is 5. The number of nitriles is 1. The Balaban J connectivity index is 1.79. The number of aromatic nitrogens is 2. The van der Waals surface area contributed by atoms with Crippen molar-refractivity contribution in [2.24, 2.45) is 0 Å². The number of piperazine rings is 1. The summed E-state index contributed by atoms with van der Waals surface area (Å²) in [5.74, 6) is 0.502. The summed E-state index contributed by atoms with van der Waals surface area (Å²) in [5.41, 5.74) is 1.22. The minimum atomic E-state index is -0.154. The van der Waals surface area contributed by atoms with Crippen LogP contribution in [0.1, 0.15) is 41.4 Å². The molecule has 2 aromatic heterocycles. The minimum absolute atomic E-state index is 0.00237. The third-order valence-electron chi connectivity index (χ3n) is 4.56. The van der Waals surface area contributed by atoms with E-state index in [2.05, 4.69) is 9.97 Å². The van der Waals surface area contributed by atoms with Gasteiger partial charge in [-0.15, -0.1) is 0 Å². The van der Waals surface area contributed by atoms with Gasteiger partial charge in [0.2, 0.25) is 0 Å². The van der Waals surface area contributed by atoms with E-state index in [0.29, 0.717) is 53.3 Å². The summed E-state index contributed by atoms with van der Waals surface area (Å²) in [4.78, 5) is 25.5. The molecular formula is C19H18Cl3N5O. The molecule has 1 amide bonds. The zero-order chi connectivity index (χ0) is 20.4. The predicted molar refractivity (Wildman–Crippen MR) is 110 cm³/mol. The van der Waals surface area contributed by atoms with Crippen LogP contribution in [0, 0.1) is 11.3 Å². The molecule has 1 aliphatic heterocycles. The molecule has 0 unspecified atom stereocenters. The molecule has 0 atom stereocenters. The molecule has 3 heterocycles. The molecule has 0 saturated carbocycles. The Kier molecular flexibility index (Phi) is 6.29. The van der Waals surface area contributed by atoms with Crippen LogP contribution in [-0.2, 0) is 0 Å². The molecular weight excluding hydrogens is 421 g/mol. The second-order valence-corrected chi connectivity index (χ2v) is 7.97. The number of amides is 1. The normalized spacial score (nSPS) is 14.3. The SMILES string of the molecule is CC(C)c1nc(Cl)c(C#N)cc1C(=O)N1CCN(c2ncc(Cl)cc2Cl)CC1. The molecule has 6 nitrogen and oxygen atoms in total. The topological polar surface area (TPSA) is 73.1 Å². The molecule has 146 valence electrons. The second kappa shape index (κ2) is 8.52. The summed E-state index contributed by atoms with van der Waals surface area (Å²) in [6, 6.07) is 5.18. The Bertz CT molecular complexity index is 949. The number of pyridine rings is 2. The van der Waals surface area contributed by atoms with Gasteiger partial charge >= 0.3 is 0 Å². The molecule has 28 heavy (non-hydrogen) atoms. The molecule has 9 heteroatoms. The second-order valence-electron chi connectivity index (χ2n) is 6.76. The third kappa shape index (κ3) is 4.17. The van der Waals surface area contributed by atoms with Crippen LogP contribution in [0.5, 0.6) is 0 Å². The van der Waals surface area contributed by atoms with Gasteiger partial charge in [-0.05, 0) is 18.1 Å². The van der Waals surface area contributed by atoms with Gasteiger partial charge in [-0.25, -0.2) is 9.97 Å². The van der Waals surface area contributed by atoms with Crippen LogP contribution in [0.15, 0.2) is 18.3 Å². The lowest BCUT2D eigenvalue weighted by molar-refractivity contribution is 0.0744. The van der Waals surface area contributed by atoms with Crippen LogP contribution in [0.3, 0.4) is 0 Å². The average Bonchev–Trinajstić information content (AvgIpc) is 2.67. The van der Waals surface area contributed by atoms with Gasteiger partial charge in [0.15, 0.2) is 0 Å². The van der Waals surface area contributed by atoms with Gasteiger partial charge in [0.25, 0.3) is 5.91 Å². The highest BCUT2D eigenvalue weighted by Gasteiger charge is 2.27. The number of rotatable bonds is 3. The summed E-state index contributed by atoms with van der Waals surface area (Å²) < 4.78 is 0. The number of carbonyl (C=O) groups is 1. The molecule has 3 rings (SSSR count). The van der Waals surface area contributed by atoms with Crippen molar-refractivity contribution in [3.05, 3.63) is 50.3 Å². The van der Waals surface area contributed by atoms with E-state index in [4.69, 9.17) is 34.8 Å². The molecule has 1 fully saturated rings. The largest absolute Gasteiger partial charge is 0.352 e. The lowest BCUT2D eigenvalue weighted by Gasteiger charge is -2.36. The van der Waals surface area contributed by atoms with Crippen LogP contribution >= 0.6 is 34.8 Å². The van der Waals surface area contributed by atoms with Crippen molar-refractivity contribution in [3.63, 3.8) is 0 Å². The monoisotopic (exact) mass is 437 g/mol. The number of carbonyl (C=O) groups excluding carboxylic acids is 1. The maximum absolute atomic E-state index is 13.1. The van der Waals surface area contributed by atoms with E-state index in [-0.39, 0.29) is 22.5 Å². The lowest BCUT2D eigenvalue weighted by atomic mass is 10.0. The van der Waals surface area contributed by atoms with Crippen LogP contribution in [0.2, 0.25) is 15.2 Å². The number of anilines is 1. The first-order valence-corrected chi connectivity index (χ1v) is 9.91. The maximum Gasteiger partial charge on any atom is 0.255 e. The molecule has 0 spiro atoms. The Morgan fingerprint density at radius 2 is 1.86 bits per heavy atom. The maximum atomic E-state index is 13.1. The molecule has 0 N–H and O–H groups in total. The van der Waals surface area contributed by atoms with Gasteiger partial charge in [-0.1, -0.05) is 48.7 Å². The predicted octanol–water partition coefficient (Wildman–Crippen LogP) is 4.39. The fourth-order valence-corrected chi connectivity index (χ4v) is 3.81. The Morgan fingerprint density at radius 3 is 2.43 bits per heavy atom. The van der Waals surface area contributed by atoms with E-state index in [9.17, 15) is 10.1 Å². The molecule has 0 radical (unpaired) electrons. The molecule has 1 saturated heterocycles. The third-order valence-corrected chi connectivity index (χ3v) is 5.33. The van der Waals surface area contributed by atoms with E-state index >= 15 is 0 Å². The minimum Gasteiger partial charge on any atom is -0.352 e. The van der Waals surface area contributed by atoms with Gasteiger partial charge in [0, 0.05) is 32.4 Å². The number of hydrogen-bond donors (Lipinski definition) is 0. The fraction of sp³-hybridized carbons (Fsp3) is 0.368. The Morgan fingerprint density at radius 1 is 1.18 bits per heavy atom. The van der Waals surface area contributed by atoms with Crippen LogP contribution < -0.4 is 4.90 Å². The highest BCUT2D eigenvalue weighted by atomic mass is 35.5. The van der Waals surface area contributed by atoms with Crippen molar-refractivity contribution in [2.45, 2.75) is 19.8 Å². The van der Waals surface area contributed by atoms with E-state index < -0.39 is 0 Å². The van der Waals surface area contributed by atoms with Gasteiger partial charge in [-0.3, -0.25) is 4.79 Å². The first-order valence-electron chi connectivity index (χ1n) is 8.77. The van der Waals surface area contributed by atoms with E-state index in [1.807, 2.05) is 24.8 Å².